The zero-order chi connectivity index (χ0) is 14.2. The van der Waals surface area contributed by atoms with Crippen LogP contribution in [0.3, 0.4) is 0 Å². The third-order valence-electron chi connectivity index (χ3n) is 4.40. The fraction of sp³-hybridized carbons (Fsp3) is 0.412. The summed E-state index contributed by atoms with van der Waals surface area (Å²) in [5.74, 6) is 0.220. The van der Waals surface area contributed by atoms with Gasteiger partial charge < -0.3 is 10.2 Å². The van der Waals surface area contributed by atoms with Crippen molar-refractivity contribution >= 4 is 22.4 Å². The second-order valence-electron chi connectivity index (χ2n) is 6.00. The highest BCUT2D eigenvalue weighted by molar-refractivity contribution is 6.05. The van der Waals surface area contributed by atoms with Gasteiger partial charge in [-0.2, -0.15) is 0 Å². The monoisotopic (exact) mass is 281 g/mol. The SMILES string of the molecule is O=C1C(NC2CC2)CCCN1c1cccc2cnccc12. The van der Waals surface area contributed by atoms with Gasteiger partial charge in [-0.05, 0) is 37.8 Å². The number of nitrogens with one attached hydrogen (secondary N) is 1. The minimum absolute atomic E-state index is 0.0108. The van der Waals surface area contributed by atoms with E-state index in [4.69, 9.17) is 0 Å². The van der Waals surface area contributed by atoms with E-state index in [1.54, 1.807) is 6.20 Å². The van der Waals surface area contributed by atoms with Gasteiger partial charge in [0.15, 0.2) is 0 Å². The number of fused-ring (bicyclic) bond motifs is 1. The quantitative estimate of drug-likeness (QED) is 0.940. The number of aromatic nitrogens is 1. The summed E-state index contributed by atoms with van der Waals surface area (Å²) >= 11 is 0. The molecule has 108 valence electrons. The molecule has 0 bridgehead atoms. The van der Waals surface area contributed by atoms with Crippen LogP contribution in [0.4, 0.5) is 5.69 Å². The molecule has 2 aliphatic rings. The van der Waals surface area contributed by atoms with Crippen molar-refractivity contribution in [3.63, 3.8) is 0 Å². The first-order chi connectivity index (χ1) is 10.3. The molecule has 1 saturated heterocycles. The lowest BCUT2D eigenvalue weighted by Gasteiger charge is -2.33. The Morgan fingerprint density at radius 1 is 1.19 bits per heavy atom. The van der Waals surface area contributed by atoms with Crippen molar-refractivity contribution in [1.82, 2.24) is 10.3 Å². The van der Waals surface area contributed by atoms with Crippen LogP contribution < -0.4 is 10.2 Å². The number of piperidine rings is 1. The Labute approximate surface area is 124 Å². The lowest BCUT2D eigenvalue weighted by molar-refractivity contribution is -0.121. The fourth-order valence-corrected chi connectivity index (χ4v) is 3.14. The van der Waals surface area contributed by atoms with Gasteiger partial charge in [0.05, 0.1) is 11.7 Å². The maximum Gasteiger partial charge on any atom is 0.244 e. The largest absolute Gasteiger partial charge is 0.310 e. The Bertz CT molecular complexity index is 675. The average molecular weight is 281 g/mol. The van der Waals surface area contributed by atoms with Gasteiger partial charge in [-0.1, -0.05) is 12.1 Å². The van der Waals surface area contributed by atoms with E-state index >= 15 is 0 Å². The van der Waals surface area contributed by atoms with Crippen LogP contribution in [0.15, 0.2) is 36.7 Å². The van der Waals surface area contributed by atoms with E-state index in [9.17, 15) is 4.79 Å². The lowest BCUT2D eigenvalue weighted by Crippen LogP contribution is -2.51. The van der Waals surface area contributed by atoms with Crippen LogP contribution in [0.25, 0.3) is 10.8 Å². The zero-order valence-corrected chi connectivity index (χ0v) is 12.0. The molecule has 1 amide bonds. The molecular weight excluding hydrogens is 262 g/mol. The molecular formula is C17H19N3O. The Morgan fingerprint density at radius 2 is 2.10 bits per heavy atom. The molecule has 2 heterocycles. The summed E-state index contributed by atoms with van der Waals surface area (Å²) in [6.07, 6.45) is 8.08. The van der Waals surface area contributed by atoms with Crippen molar-refractivity contribution < 1.29 is 4.79 Å². The van der Waals surface area contributed by atoms with E-state index < -0.39 is 0 Å². The van der Waals surface area contributed by atoms with Gasteiger partial charge in [0.2, 0.25) is 5.91 Å². The van der Waals surface area contributed by atoms with Gasteiger partial charge in [-0.25, -0.2) is 0 Å². The second kappa shape index (κ2) is 5.11. The first-order valence-corrected chi connectivity index (χ1v) is 7.73. The normalized spacial score (nSPS) is 22.8. The van der Waals surface area contributed by atoms with Crippen LogP contribution in [0, 0.1) is 0 Å². The minimum atomic E-state index is -0.0108. The van der Waals surface area contributed by atoms with Crippen LogP contribution in [0.5, 0.6) is 0 Å². The van der Waals surface area contributed by atoms with Crippen LogP contribution in [0.2, 0.25) is 0 Å². The molecule has 1 saturated carbocycles. The predicted octanol–water partition coefficient (Wildman–Crippen LogP) is 2.48. The molecule has 1 atom stereocenters. The first-order valence-electron chi connectivity index (χ1n) is 7.73. The van der Waals surface area contributed by atoms with E-state index in [-0.39, 0.29) is 11.9 Å². The minimum Gasteiger partial charge on any atom is -0.310 e. The summed E-state index contributed by atoms with van der Waals surface area (Å²) in [4.78, 5) is 18.9. The molecule has 4 rings (SSSR count). The highest BCUT2D eigenvalue weighted by Crippen LogP contribution is 2.30. The number of anilines is 1. The molecule has 1 unspecified atom stereocenters. The average Bonchev–Trinajstić information content (AvgIpc) is 3.33. The van der Waals surface area contributed by atoms with Gasteiger partial charge in [-0.15, -0.1) is 0 Å². The molecule has 4 nitrogen and oxygen atoms in total. The maximum absolute atomic E-state index is 12.8. The number of carbonyl (C=O) groups is 1. The predicted molar refractivity (Wildman–Crippen MR) is 83.3 cm³/mol. The number of amides is 1. The number of rotatable bonds is 3. The molecule has 4 heteroatoms. The fourth-order valence-electron chi connectivity index (χ4n) is 3.14. The molecule has 1 aromatic carbocycles. The number of hydrogen-bond acceptors (Lipinski definition) is 3. The van der Waals surface area contributed by atoms with E-state index in [0.29, 0.717) is 6.04 Å². The number of benzene rings is 1. The van der Waals surface area contributed by atoms with Crippen molar-refractivity contribution in [2.45, 2.75) is 37.8 Å². The molecule has 1 aliphatic heterocycles. The van der Waals surface area contributed by atoms with Gasteiger partial charge >= 0.3 is 0 Å². The van der Waals surface area contributed by atoms with E-state index in [2.05, 4.69) is 10.3 Å². The summed E-state index contributed by atoms with van der Waals surface area (Å²) < 4.78 is 0. The summed E-state index contributed by atoms with van der Waals surface area (Å²) in [7, 11) is 0. The second-order valence-corrected chi connectivity index (χ2v) is 6.00. The lowest BCUT2D eigenvalue weighted by atomic mass is 10.0. The molecule has 2 fully saturated rings. The molecule has 0 spiro atoms. The van der Waals surface area contributed by atoms with E-state index in [1.165, 1.54) is 12.8 Å². The standard InChI is InChI=1S/C17H19N3O/c21-17-15(19-13-6-7-13)4-2-10-20(17)16-5-1-3-12-11-18-9-8-14(12)16/h1,3,5,8-9,11,13,15,19H,2,4,6-7,10H2. The number of nitrogens with zero attached hydrogens (tertiary/aromatic N) is 2. The van der Waals surface area contributed by atoms with Crippen LogP contribution in [0.1, 0.15) is 25.7 Å². The van der Waals surface area contributed by atoms with Crippen molar-refractivity contribution in [3.05, 3.63) is 36.7 Å². The Balaban J connectivity index is 1.68. The molecule has 1 aromatic heterocycles. The van der Waals surface area contributed by atoms with Crippen molar-refractivity contribution in [2.24, 2.45) is 0 Å². The number of carbonyl (C=O) groups excluding carboxylic acids is 1. The Kier molecular flexibility index (Phi) is 3.11. The summed E-state index contributed by atoms with van der Waals surface area (Å²) in [6.45, 7) is 0.809. The highest BCUT2D eigenvalue weighted by Gasteiger charge is 2.34. The molecule has 1 N–H and O–H groups in total. The highest BCUT2D eigenvalue weighted by atomic mass is 16.2. The summed E-state index contributed by atoms with van der Waals surface area (Å²) in [5.41, 5.74) is 1.02. The molecule has 2 aromatic rings. The Hall–Kier alpha value is -1.94. The van der Waals surface area contributed by atoms with Crippen molar-refractivity contribution in [1.29, 1.82) is 0 Å². The van der Waals surface area contributed by atoms with Gasteiger partial charge in [0.25, 0.3) is 0 Å². The smallest absolute Gasteiger partial charge is 0.244 e. The van der Waals surface area contributed by atoms with Crippen molar-refractivity contribution in [2.75, 3.05) is 11.4 Å². The van der Waals surface area contributed by atoms with Crippen molar-refractivity contribution in [3.8, 4) is 0 Å². The van der Waals surface area contributed by atoms with Crippen LogP contribution in [-0.2, 0) is 4.79 Å². The van der Waals surface area contributed by atoms with Gasteiger partial charge in [0, 0.05) is 35.8 Å². The van der Waals surface area contributed by atoms with Crippen LogP contribution >= 0.6 is 0 Å². The zero-order valence-electron chi connectivity index (χ0n) is 12.0. The number of hydrogen-bond donors (Lipinski definition) is 1. The summed E-state index contributed by atoms with van der Waals surface area (Å²) in [6, 6.07) is 8.64. The topological polar surface area (TPSA) is 45.2 Å². The summed E-state index contributed by atoms with van der Waals surface area (Å²) in [5, 5.41) is 5.67. The number of pyridine rings is 1. The molecule has 1 aliphatic carbocycles. The van der Waals surface area contributed by atoms with Gasteiger partial charge in [0.1, 0.15) is 0 Å². The molecule has 21 heavy (non-hydrogen) atoms. The first kappa shape index (κ1) is 12.8. The third kappa shape index (κ3) is 2.40. The molecule has 0 radical (unpaired) electrons. The van der Waals surface area contributed by atoms with Gasteiger partial charge in [-0.3, -0.25) is 9.78 Å². The Morgan fingerprint density at radius 3 is 2.95 bits per heavy atom. The van der Waals surface area contributed by atoms with E-state index in [0.717, 1.165) is 35.8 Å². The van der Waals surface area contributed by atoms with E-state index in [1.807, 2.05) is 35.4 Å². The third-order valence-corrected chi connectivity index (χ3v) is 4.40. The maximum atomic E-state index is 12.8. The van der Waals surface area contributed by atoms with Crippen LogP contribution in [-0.4, -0.2) is 29.5 Å².